The molecule has 0 bridgehead atoms. The lowest BCUT2D eigenvalue weighted by Crippen LogP contribution is -2.04. The topological polar surface area (TPSA) is 65.2 Å². The van der Waals surface area contributed by atoms with E-state index in [9.17, 15) is 4.79 Å². The van der Waals surface area contributed by atoms with Crippen LogP contribution in [0.25, 0.3) is 0 Å². The molecule has 4 heteroatoms. The molecule has 0 saturated heterocycles. The Morgan fingerprint density at radius 1 is 1.67 bits per heavy atom. The molecule has 64 valence electrons. The van der Waals surface area contributed by atoms with Gasteiger partial charge in [-0.1, -0.05) is 6.07 Å². The SMILES string of the molecule is COC(=O)Cc1ccc(N)nc1. The molecule has 1 heterocycles. The number of hydrogen-bond acceptors (Lipinski definition) is 4. The van der Waals surface area contributed by atoms with Gasteiger partial charge in [-0.3, -0.25) is 4.79 Å². The van der Waals surface area contributed by atoms with Crippen LogP contribution in [0.15, 0.2) is 18.3 Å². The summed E-state index contributed by atoms with van der Waals surface area (Å²) in [5.41, 5.74) is 6.16. The molecular formula is C8H10N2O2. The molecule has 0 aliphatic rings. The predicted octanol–water partition coefficient (Wildman–Crippen LogP) is 0.379. The number of nitrogens with zero attached hydrogens (tertiary/aromatic N) is 1. The van der Waals surface area contributed by atoms with Gasteiger partial charge in [0.05, 0.1) is 13.5 Å². The summed E-state index contributed by atoms with van der Waals surface area (Å²) in [5, 5.41) is 0. The van der Waals surface area contributed by atoms with Crippen LogP contribution >= 0.6 is 0 Å². The first-order chi connectivity index (χ1) is 5.72. The zero-order valence-corrected chi connectivity index (χ0v) is 6.78. The van der Waals surface area contributed by atoms with E-state index in [-0.39, 0.29) is 12.4 Å². The molecule has 0 atom stereocenters. The van der Waals surface area contributed by atoms with Crippen molar-refractivity contribution in [3.63, 3.8) is 0 Å². The predicted molar refractivity (Wildman–Crippen MR) is 44.4 cm³/mol. The Morgan fingerprint density at radius 3 is 2.92 bits per heavy atom. The molecule has 0 saturated carbocycles. The highest BCUT2D eigenvalue weighted by Crippen LogP contribution is 2.02. The fourth-order valence-electron chi connectivity index (χ4n) is 0.779. The fourth-order valence-corrected chi connectivity index (χ4v) is 0.779. The highest BCUT2D eigenvalue weighted by molar-refractivity contribution is 5.72. The number of anilines is 1. The molecule has 0 spiro atoms. The van der Waals surface area contributed by atoms with Crippen LogP contribution in [0.1, 0.15) is 5.56 Å². The first-order valence-electron chi connectivity index (χ1n) is 3.49. The maximum Gasteiger partial charge on any atom is 0.310 e. The van der Waals surface area contributed by atoms with Gasteiger partial charge in [0.1, 0.15) is 5.82 Å². The monoisotopic (exact) mass is 166 g/mol. The standard InChI is InChI=1S/C8H10N2O2/c1-12-8(11)4-6-2-3-7(9)10-5-6/h2-3,5H,4H2,1H3,(H2,9,10). The van der Waals surface area contributed by atoms with E-state index >= 15 is 0 Å². The molecule has 1 rings (SSSR count). The Hall–Kier alpha value is -1.58. The van der Waals surface area contributed by atoms with Gasteiger partial charge in [-0.05, 0) is 11.6 Å². The second-order valence-corrected chi connectivity index (χ2v) is 2.34. The van der Waals surface area contributed by atoms with Gasteiger partial charge in [-0.25, -0.2) is 4.98 Å². The van der Waals surface area contributed by atoms with Gasteiger partial charge in [-0.2, -0.15) is 0 Å². The highest BCUT2D eigenvalue weighted by atomic mass is 16.5. The molecule has 0 fully saturated rings. The number of nitrogens with two attached hydrogens (primary N) is 1. The summed E-state index contributed by atoms with van der Waals surface area (Å²) in [5.74, 6) is 0.171. The molecule has 4 nitrogen and oxygen atoms in total. The number of esters is 1. The second kappa shape index (κ2) is 3.71. The van der Waals surface area contributed by atoms with Crippen molar-refractivity contribution < 1.29 is 9.53 Å². The maximum absolute atomic E-state index is 10.8. The summed E-state index contributed by atoms with van der Waals surface area (Å²) in [6.45, 7) is 0. The van der Waals surface area contributed by atoms with Gasteiger partial charge >= 0.3 is 5.97 Å². The van der Waals surface area contributed by atoms with E-state index in [1.54, 1.807) is 18.3 Å². The van der Waals surface area contributed by atoms with Crippen LogP contribution in [0.2, 0.25) is 0 Å². The van der Waals surface area contributed by atoms with Crippen molar-refractivity contribution in [2.24, 2.45) is 0 Å². The summed E-state index contributed by atoms with van der Waals surface area (Å²) in [6.07, 6.45) is 1.80. The summed E-state index contributed by atoms with van der Waals surface area (Å²) < 4.78 is 4.49. The lowest BCUT2D eigenvalue weighted by Gasteiger charge is -1.98. The Labute approximate surface area is 70.4 Å². The largest absolute Gasteiger partial charge is 0.469 e. The van der Waals surface area contributed by atoms with Crippen molar-refractivity contribution >= 4 is 11.8 Å². The van der Waals surface area contributed by atoms with Crippen molar-refractivity contribution in [3.8, 4) is 0 Å². The smallest absolute Gasteiger partial charge is 0.310 e. The summed E-state index contributed by atoms with van der Waals surface area (Å²) in [7, 11) is 1.35. The minimum absolute atomic E-state index is 0.240. The second-order valence-electron chi connectivity index (χ2n) is 2.34. The van der Waals surface area contributed by atoms with Gasteiger partial charge in [0.2, 0.25) is 0 Å². The van der Waals surface area contributed by atoms with Gasteiger partial charge in [0, 0.05) is 6.20 Å². The van der Waals surface area contributed by atoms with Gasteiger partial charge in [0.25, 0.3) is 0 Å². The molecule has 0 aromatic carbocycles. The lowest BCUT2D eigenvalue weighted by atomic mass is 10.2. The van der Waals surface area contributed by atoms with E-state index in [4.69, 9.17) is 5.73 Å². The zero-order valence-electron chi connectivity index (χ0n) is 6.78. The third kappa shape index (κ3) is 2.23. The van der Waals surface area contributed by atoms with E-state index < -0.39 is 0 Å². The van der Waals surface area contributed by atoms with Crippen molar-refractivity contribution in [1.82, 2.24) is 4.98 Å². The minimum atomic E-state index is -0.276. The molecule has 1 aromatic rings. The summed E-state index contributed by atoms with van der Waals surface area (Å²) >= 11 is 0. The van der Waals surface area contributed by atoms with E-state index in [1.165, 1.54) is 7.11 Å². The molecule has 1 aromatic heterocycles. The average Bonchev–Trinajstić information content (AvgIpc) is 2.09. The number of aromatic nitrogens is 1. The molecule has 0 aliphatic carbocycles. The first kappa shape index (κ1) is 8.52. The molecule has 2 N–H and O–H groups in total. The van der Waals surface area contributed by atoms with E-state index in [0.29, 0.717) is 5.82 Å². The summed E-state index contributed by atoms with van der Waals surface area (Å²) in [6, 6.07) is 3.40. The van der Waals surface area contributed by atoms with Crippen LogP contribution in [0, 0.1) is 0 Å². The highest BCUT2D eigenvalue weighted by Gasteiger charge is 2.01. The normalized spacial score (nSPS) is 9.42. The van der Waals surface area contributed by atoms with Crippen LogP contribution in [-0.2, 0) is 16.0 Å². The van der Waals surface area contributed by atoms with E-state index in [2.05, 4.69) is 9.72 Å². The van der Waals surface area contributed by atoms with Crippen molar-refractivity contribution in [2.45, 2.75) is 6.42 Å². The molecule has 12 heavy (non-hydrogen) atoms. The van der Waals surface area contributed by atoms with Crippen LogP contribution in [0.3, 0.4) is 0 Å². The van der Waals surface area contributed by atoms with Crippen LogP contribution in [0.5, 0.6) is 0 Å². The Morgan fingerprint density at radius 2 is 2.42 bits per heavy atom. The Bertz CT molecular complexity index is 269. The first-order valence-corrected chi connectivity index (χ1v) is 3.49. The quantitative estimate of drug-likeness (QED) is 0.645. The van der Waals surface area contributed by atoms with Crippen LogP contribution in [-0.4, -0.2) is 18.1 Å². The van der Waals surface area contributed by atoms with Crippen LogP contribution in [0.4, 0.5) is 5.82 Å². The number of hydrogen-bond donors (Lipinski definition) is 1. The number of rotatable bonds is 2. The molecule has 0 aliphatic heterocycles. The Kier molecular flexibility index (Phi) is 2.63. The zero-order chi connectivity index (χ0) is 8.97. The number of ether oxygens (including phenoxy) is 1. The van der Waals surface area contributed by atoms with Gasteiger partial charge < -0.3 is 10.5 Å². The molecule has 0 radical (unpaired) electrons. The fraction of sp³-hybridized carbons (Fsp3) is 0.250. The number of carbonyl (C=O) groups is 1. The summed E-state index contributed by atoms with van der Waals surface area (Å²) in [4.78, 5) is 14.6. The van der Waals surface area contributed by atoms with E-state index in [0.717, 1.165) is 5.56 Å². The van der Waals surface area contributed by atoms with Crippen LogP contribution < -0.4 is 5.73 Å². The van der Waals surface area contributed by atoms with Crippen molar-refractivity contribution in [3.05, 3.63) is 23.9 Å². The third-order valence-corrected chi connectivity index (χ3v) is 1.42. The maximum atomic E-state index is 10.8. The third-order valence-electron chi connectivity index (χ3n) is 1.42. The minimum Gasteiger partial charge on any atom is -0.469 e. The lowest BCUT2D eigenvalue weighted by molar-refractivity contribution is -0.139. The van der Waals surface area contributed by atoms with Crippen molar-refractivity contribution in [1.29, 1.82) is 0 Å². The van der Waals surface area contributed by atoms with Crippen molar-refractivity contribution in [2.75, 3.05) is 12.8 Å². The Balaban J connectivity index is 2.64. The number of methoxy groups -OCH3 is 1. The molecular weight excluding hydrogens is 156 g/mol. The van der Waals surface area contributed by atoms with E-state index in [1.807, 2.05) is 0 Å². The number of carbonyl (C=O) groups excluding carboxylic acids is 1. The molecule has 0 amide bonds. The molecule has 0 unspecified atom stereocenters. The number of pyridine rings is 1. The van der Waals surface area contributed by atoms with Gasteiger partial charge in [-0.15, -0.1) is 0 Å². The average molecular weight is 166 g/mol. The number of nitrogen functional groups attached to an aromatic ring is 1. The van der Waals surface area contributed by atoms with Gasteiger partial charge in [0.15, 0.2) is 0 Å².